The maximum atomic E-state index is 12.5. The zero-order valence-electron chi connectivity index (χ0n) is 36.0. The normalized spacial score (nSPS) is 12.7. The summed E-state index contributed by atoms with van der Waals surface area (Å²) in [5.41, 5.74) is -1.54. The third-order valence-electron chi connectivity index (χ3n) is 10.1. The van der Waals surface area contributed by atoms with Crippen molar-refractivity contribution in [3.05, 3.63) is 24.3 Å². The number of rotatable bonds is 40. The highest BCUT2D eigenvalue weighted by atomic mass is 32.3. The summed E-state index contributed by atoms with van der Waals surface area (Å²) < 4.78 is 40.2. The van der Waals surface area contributed by atoms with Crippen LogP contribution in [0.2, 0.25) is 0 Å². The molecular weight excluding hydrogens is 715 g/mol. The van der Waals surface area contributed by atoms with E-state index in [1.54, 1.807) is 0 Å². The molecule has 0 aliphatic rings. The second kappa shape index (κ2) is 39.1. The van der Waals surface area contributed by atoms with Crippen LogP contribution in [-0.2, 0) is 24.2 Å². The summed E-state index contributed by atoms with van der Waals surface area (Å²) in [7, 11) is -5.10. The van der Waals surface area contributed by atoms with Crippen LogP contribution >= 0.6 is 0 Å². The summed E-state index contributed by atoms with van der Waals surface area (Å²) in [6, 6.07) is 0. The van der Waals surface area contributed by atoms with Crippen LogP contribution in [0.5, 0.6) is 0 Å². The van der Waals surface area contributed by atoms with E-state index in [0.29, 0.717) is 12.8 Å². The molecule has 0 bridgehead atoms. The third-order valence-corrected chi connectivity index (χ3v) is 10.6. The Hall–Kier alpha value is -1.79. The van der Waals surface area contributed by atoms with Crippen LogP contribution in [0.25, 0.3) is 0 Å². The van der Waals surface area contributed by atoms with Gasteiger partial charge in [0, 0.05) is 32.4 Å². The molecule has 0 heterocycles. The number of amides is 2. The van der Waals surface area contributed by atoms with Crippen molar-refractivity contribution in [2.75, 3.05) is 13.1 Å². The van der Waals surface area contributed by atoms with Crippen molar-refractivity contribution >= 4 is 22.2 Å². The fourth-order valence-corrected chi connectivity index (χ4v) is 7.62. The van der Waals surface area contributed by atoms with Gasteiger partial charge in [0.25, 0.3) is 0 Å². The molecule has 0 saturated carbocycles. The van der Waals surface area contributed by atoms with Crippen LogP contribution in [0.1, 0.15) is 220 Å². The van der Waals surface area contributed by atoms with E-state index in [9.17, 15) is 27.7 Å². The number of hydrogen-bond donors (Lipinski definition) is 4. The Labute approximate surface area is 338 Å². The van der Waals surface area contributed by atoms with Crippen LogP contribution in [0.4, 0.5) is 0 Å². The summed E-state index contributed by atoms with van der Waals surface area (Å²) in [6.07, 6.45) is 39.6. The van der Waals surface area contributed by atoms with Crippen molar-refractivity contribution in [1.29, 1.82) is 0 Å². The summed E-state index contributed by atoms with van der Waals surface area (Å²) >= 11 is 0. The lowest BCUT2D eigenvalue weighted by Crippen LogP contribution is -2.44. The third kappa shape index (κ3) is 40.2. The number of aliphatic hydroxyl groups excluding tert-OH is 1. The van der Waals surface area contributed by atoms with Gasteiger partial charge in [0.15, 0.2) is 0 Å². The van der Waals surface area contributed by atoms with Gasteiger partial charge in [0.2, 0.25) is 22.2 Å². The Morgan fingerprint density at radius 3 is 1.22 bits per heavy atom. The lowest BCUT2D eigenvalue weighted by Gasteiger charge is -2.35. The van der Waals surface area contributed by atoms with E-state index in [1.807, 2.05) is 0 Å². The highest BCUT2D eigenvalue weighted by molar-refractivity contribution is 7.80. The van der Waals surface area contributed by atoms with Gasteiger partial charge in [-0.05, 0) is 84.0 Å². The molecule has 0 aromatic carbocycles. The van der Waals surface area contributed by atoms with Crippen LogP contribution in [0.3, 0.4) is 0 Å². The predicted molar refractivity (Wildman–Crippen MR) is 230 cm³/mol. The number of nitrogens with one attached hydrogen (secondary N) is 2. The van der Waals surface area contributed by atoms with Crippen molar-refractivity contribution in [2.45, 2.75) is 232 Å². The second-order valence-corrected chi connectivity index (χ2v) is 16.6. The highest BCUT2D eigenvalue weighted by Gasteiger charge is 2.35. The summed E-state index contributed by atoms with van der Waals surface area (Å²) in [5.74, 6) is -0.284. The fourth-order valence-electron chi connectivity index (χ4n) is 6.95. The molecule has 0 spiro atoms. The molecule has 0 aromatic heterocycles. The Kier molecular flexibility index (Phi) is 39.3. The van der Waals surface area contributed by atoms with E-state index in [0.717, 1.165) is 77.0 Å². The fraction of sp³-hybridized carbons (Fsp3) is 0.864. The van der Waals surface area contributed by atoms with Crippen molar-refractivity contribution in [3.8, 4) is 0 Å². The molecule has 55 heavy (non-hydrogen) atoms. The smallest absolute Gasteiger partial charge is 0.219 e. The van der Waals surface area contributed by atoms with E-state index >= 15 is 0 Å². The standard InChI is InChI=1S/C44H84N2O7S.H3N/c1-4-6-8-10-12-14-16-18-20-22-24-26-28-30-32-34-42(48)45-38-36-44(40-41(3)47,53-54(50,51)52)37-39-46-43(49)35-33-31-29-27-25-23-21-19-17-15-13-11-9-7-5-2;/h18-21,41,47H,4-17,22-40H2,1-3H3,(H,45,48)(H,46,49)(H,50,51,52);1H3/b20-18-,21-19-;. The number of carbonyl (C=O) groups excluding carboxylic acids is 2. The average Bonchev–Trinajstić information content (AvgIpc) is 3.10. The van der Waals surface area contributed by atoms with Gasteiger partial charge in [-0.3, -0.25) is 13.8 Å². The Morgan fingerprint density at radius 1 is 0.600 bits per heavy atom. The first-order chi connectivity index (χ1) is 26.0. The van der Waals surface area contributed by atoms with Crippen molar-refractivity contribution in [3.63, 3.8) is 0 Å². The average molecular weight is 802 g/mol. The molecule has 10 nitrogen and oxygen atoms in total. The minimum atomic E-state index is -5.10. The number of aliphatic hydroxyl groups is 1. The summed E-state index contributed by atoms with van der Waals surface area (Å²) in [4.78, 5) is 25.0. The Morgan fingerprint density at radius 2 is 0.909 bits per heavy atom. The van der Waals surface area contributed by atoms with E-state index in [-0.39, 0.29) is 50.3 Å². The van der Waals surface area contributed by atoms with Gasteiger partial charge in [-0.15, -0.1) is 0 Å². The van der Waals surface area contributed by atoms with Gasteiger partial charge >= 0.3 is 0 Å². The van der Waals surface area contributed by atoms with Gasteiger partial charge < -0.3 is 26.4 Å². The van der Waals surface area contributed by atoms with Crippen LogP contribution < -0.4 is 16.8 Å². The molecule has 0 aliphatic carbocycles. The zero-order valence-corrected chi connectivity index (χ0v) is 36.8. The largest absolute Gasteiger partial charge is 0.726 e. The van der Waals surface area contributed by atoms with Crippen LogP contribution in [0.15, 0.2) is 24.3 Å². The summed E-state index contributed by atoms with van der Waals surface area (Å²) in [5, 5.41) is 15.8. The lowest BCUT2D eigenvalue weighted by atomic mass is 9.89. The number of carbonyl (C=O) groups is 2. The highest BCUT2D eigenvalue weighted by Crippen LogP contribution is 2.28. The first-order valence-electron chi connectivity index (χ1n) is 22.2. The van der Waals surface area contributed by atoms with Crippen LogP contribution in [-0.4, -0.2) is 54.7 Å². The Bertz CT molecular complexity index is 992. The van der Waals surface area contributed by atoms with Gasteiger partial charge in [-0.2, -0.15) is 0 Å². The van der Waals surface area contributed by atoms with Crippen molar-refractivity contribution in [2.24, 2.45) is 0 Å². The minimum absolute atomic E-state index is 0. The van der Waals surface area contributed by atoms with Crippen molar-refractivity contribution in [1.82, 2.24) is 16.8 Å². The molecule has 11 heteroatoms. The molecule has 1 atom stereocenters. The van der Waals surface area contributed by atoms with E-state index in [2.05, 4.69) is 48.8 Å². The predicted octanol–water partition coefficient (Wildman–Crippen LogP) is 11.4. The van der Waals surface area contributed by atoms with Gasteiger partial charge in [0.05, 0.1) is 11.7 Å². The monoisotopic (exact) mass is 802 g/mol. The van der Waals surface area contributed by atoms with Crippen molar-refractivity contribution < 1.29 is 31.8 Å². The Balaban J connectivity index is 0. The van der Waals surface area contributed by atoms with Crippen LogP contribution in [0, 0.1) is 0 Å². The maximum Gasteiger partial charge on any atom is 0.219 e. The number of unbranched alkanes of at least 4 members (excludes halogenated alkanes) is 22. The number of hydrogen-bond acceptors (Lipinski definition) is 7. The van der Waals surface area contributed by atoms with Gasteiger partial charge in [-0.25, -0.2) is 8.42 Å². The molecular formula is C44H87N3O7S. The molecule has 0 saturated heterocycles. The molecule has 2 amide bonds. The molecule has 326 valence electrons. The molecule has 0 radical (unpaired) electrons. The lowest BCUT2D eigenvalue weighted by molar-refractivity contribution is -0.121. The molecule has 0 fully saturated rings. The first-order valence-corrected chi connectivity index (χ1v) is 23.5. The molecule has 1 unspecified atom stereocenters. The minimum Gasteiger partial charge on any atom is -0.726 e. The molecule has 0 aromatic rings. The second-order valence-electron chi connectivity index (χ2n) is 15.6. The van der Waals surface area contributed by atoms with E-state index in [1.165, 1.54) is 96.8 Å². The molecule has 0 rings (SSSR count). The number of allylic oxidation sites excluding steroid dienone is 4. The van der Waals surface area contributed by atoms with Gasteiger partial charge in [-0.1, -0.05) is 141 Å². The molecule has 0 aliphatic heterocycles. The van der Waals surface area contributed by atoms with Gasteiger partial charge in [0.1, 0.15) is 0 Å². The summed E-state index contributed by atoms with van der Waals surface area (Å²) in [6.45, 7) is 6.17. The quantitative estimate of drug-likeness (QED) is 0.0206. The van der Waals surface area contributed by atoms with E-state index < -0.39 is 22.1 Å². The molecule has 7 N–H and O–H groups in total. The maximum absolute atomic E-state index is 12.5. The first kappa shape index (κ1) is 55.3. The van der Waals surface area contributed by atoms with E-state index in [4.69, 9.17) is 4.18 Å². The zero-order chi connectivity index (χ0) is 40.0. The topological polar surface area (TPSA) is 181 Å². The number of quaternary nitrogens is 1. The SMILES string of the molecule is CCCCCCCC/C=C\CCCCCCCC(=O)NCCC(CCNC(=O)CCCCCCC/C=C\CCCCCCCC)(CC(C)O)OS(=O)(=O)[O-].[NH4+].